The number of benzene rings is 3. The first-order chi connectivity index (χ1) is 20.2. The van der Waals surface area contributed by atoms with Gasteiger partial charge in [-0.05, 0) is 23.3 Å². The highest BCUT2D eigenvalue weighted by Crippen LogP contribution is 2.58. The van der Waals surface area contributed by atoms with E-state index in [0.717, 1.165) is 11.1 Å². The van der Waals surface area contributed by atoms with Crippen molar-refractivity contribution >= 4 is 5.97 Å². The van der Waals surface area contributed by atoms with Gasteiger partial charge in [-0.25, -0.2) is 4.79 Å². The van der Waals surface area contributed by atoms with Crippen LogP contribution in [0.15, 0.2) is 54.6 Å². The maximum Gasteiger partial charge on any atom is 0.335 e. The lowest BCUT2D eigenvalue weighted by molar-refractivity contribution is -0.338. The average Bonchev–Trinajstić information content (AvgIpc) is 3.39. The number of carboxylic acid groups (broad SMARTS) is 1. The molecule has 3 heterocycles. The molecule has 0 spiro atoms. The highest BCUT2D eigenvalue weighted by molar-refractivity contribution is 5.75. The predicted octanol–water partition coefficient (Wildman–Crippen LogP) is 1.61. The minimum Gasteiger partial charge on any atom is -0.493 e. The monoisotopic (exact) mass is 582 g/mol. The number of carbonyl (C=O) groups is 1. The number of aliphatic carboxylic acids is 1. The molecule has 222 valence electrons. The standard InChI is InChI=1S/C30H30O12/c1-37-19-9-8-16-18-12-39-20-11-15(41-30(13-31)28(34)23(33)22(32)27(42-30)29(35)36)10-17(14-6-4-3-5-7-14)21(20)24(18)40-25(16)26(19)38-2/h3-11,18,22-24,27-28,31-34H,12-13H2,1-2H3,(H,35,36). The van der Waals surface area contributed by atoms with Crippen molar-refractivity contribution in [3.8, 4) is 39.9 Å². The van der Waals surface area contributed by atoms with E-state index >= 15 is 0 Å². The van der Waals surface area contributed by atoms with Crippen molar-refractivity contribution in [3.63, 3.8) is 0 Å². The zero-order valence-corrected chi connectivity index (χ0v) is 22.7. The Kier molecular flexibility index (Phi) is 7.11. The van der Waals surface area contributed by atoms with Crippen LogP contribution in [0.1, 0.15) is 23.1 Å². The van der Waals surface area contributed by atoms with Gasteiger partial charge in [0.1, 0.15) is 36.4 Å². The van der Waals surface area contributed by atoms with Crippen LogP contribution in [-0.2, 0) is 9.53 Å². The summed E-state index contributed by atoms with van der Waals surface area (Å²) in [7, 11) is 3.08. The van der Waals surface area contributed by atoms with Crippen LogP contribution in [0.4, 0.5) is 0 Å². The first-order valence-electron chi connectivity index (χ1n) is 13.2. The van der Waals surface area contributed by atoms with E-state index in [1.807, 2.05) is 42.5 Å². The molecule has 0 aromatic heterocycles. The zero-order chi connectivity index (χ0) is 29.8. The predicted molar refractivity (Wildman–Crippen MR) is 144 cm³/mol. The third-order valence-electron chi connectivity index (χ3n) is 7.96. The zero-order valence-electron chi connectivity index (χ0n) is 22.7. The second-order valence-corrected chi connectivity index (χ2v) is 10.3. The third-order valence-corrected chi connectivity index (χ3v) is 7.96. The Balaban J connectivity index is 1.45. The van der Waals surface area contributed by atoms with Crippen molar-refractivity contribution in [1.29, 1.82) is 0 Å². The Morgan fingerprint density at radius 3 is 2.45 bits per heavy atom. The summed E-state index contributed by atoms with van der Waals surface area (Å²) in [6.07, 6.45) is -8.39. The molecule has 0 saturated carbocycles. The molecule has 1 fully saturated rings. The molecule has 3 aromatic rings. The van der Waals surface area contributed by atoms with Crippen LogP contribution in [0.25, 0.3) is 11.1 Å². The molecule has 12 nitrogen and oxygen atoms in total. The number of hydrogen-bond donors (Lipinski definition) is 5. The van der Waals surface area contributed by atoms with Crippen LogP contribution < -0.4 is 23.7 Å². The molecular weight excluding hydrogens is 552 g/mol. The summed E-state index contributed by atoms with van der Waals surface area (Å²) in [4.78, 5) is 11.7. The Morgan fingerprint density at radius 2 is 1.79 bits per heavy atom. The van der Waals surface area contributed by atoms with Crippen LogP contribution >= 0.6 is 0 Å². The molecule has 3 aromatic carbocycles. The quantitative estimate of drug-likeness (QED) is 0.273. The fraction of sp³-hybridized carbons (Fsp3) is 0.367. The molecule has 5 N–H and O–H groups in total. The Bertz CT molecular complexity index is 1490. The second-order valence-electron chi connectivity index (χ2n) is 10.3. The summed E-state index contributed by atoms with van der Waals surface area (Å²) in [5.74, 6) is -2.23. The number of methoxy groups -OCH3 is 2. The molecule has 7 atom stereocenters. The van der Waals surface area contributed by atoms with Gasteiger partial charge in [-0.2, -0.15) is 0 Å². The molecule has 3 aliphatic rings. The van der Waals surface area contributed by atoms with E-state index in [1.165, 1.54) is 13.2 Å². The molecule has 1 saturated heterocycles. The van der Waals surface area contributed by atoms with Gasteiger partial charge in [0.25, 0.3) is 5.79 Å². The van der Waals surface area contributed by atoms with E-state index in [2.05, 4.69) is 0 Å². The number of carboxylic acids is 1. The number of ether oxygens (including phenoxy) is 6. The van der Waals surface area contributed by atoms with Crippen molar-refractivity contribution in [3.05, 3.63) is 65.7 Å². The topological polar surface area (TPSA) is 174 Å². The summed E-state index contributed by atoms with van der Waals surface area (Å²) in [5, 5.41) is 51.1. The van der Waals surface area contributed by atoms with E-state index in [9.17, 15) is 30.3 Å². The summed E-state index contributed by atoms with van der Waals surface area (Å²) in [6, 6.07) is 16.2. The van der Waals surface area contributed by atoms with Crippen LogP contribution in [0.5, 0.6) is 28.7 Å². The van der Waals surface area contributed by atoms with Gasteiger partial charge in [-0.3, -0.25) is 0 Å². The molecule has 0 amide bonds. The summed E-state index contributed by atoms with van der Waals surface area (Å²) >= 11 is 0. The first-order valence-corrected chi connectivity index (χ1v) is 13.2. The molecular formula is C30H30O12. The lowest BCUT2D eigenvalue weighted by Gasteiger charge is -2.46. The maximum atomic E-state index is 11.7. The van der Waals surface area contributed by atoms with Gasteiger partial charge < -0.3 is 54.0 Å². The minimum atomic E-state index is -2.41. The normalized spacial score (nSPS) is 29.3. The second kappa shape index (κ2) is 10.6. The third kappa shape index (κ3) is 4.30. The summed E-state index contributed by atoms with van der Waals surface area (Å²) < 4.78 is 35.2. The van der Waals surface area contributed by atoms with Crippen molar-refractivity contribution < 1.29 is 58.7 Å². The van der Waals surface area contributed by atoms with Crippen molar-refractivity contribution in [2.75, 3.05) is 27.4 Å². The average molecular weight is 583 g/mol. The van der Waals surface area contributed by atoms with Crippen LogP contribution in [0.3, 0.4) is 0 Å². The minimum absolute atomic E-state index is 0.0432. The molecule has 3 aliphatic heterocycles. The van der Waals surface area contributed by atoms with Gasteiger partial charge in [0.2, 0.25) is 5.75 Å². The highest BCUT2D eigenvalue weighted by Gasteiger charge is 2.57. The van der Waals surface area contributed by atoms with E-state index in [4.69, 9.17) is 28.4 Å². The largest absolute Gasteiger partial charge is 0.493 e. The molecule has 0 radical (unpaired) electrons. The smallest absolute Gasteiger partial charge is 0.335 e. The van der Waals surface area contributed by atoms with Crippen molar-refractivity contribution in [2.24, 2.45) is 0 Å². The molecule has 7 unspecified atom stereocenters. The lowest BCUT2D eigenvalue weighted by Crippen LogP contribution is -2.69. The number of aliphatic hydroxyl groups is 4. The van der Waals surface area contributed by atoms with Crippen LogP contribution in [0, 0.1) is 0 Å². The fourth-order valence-corrected chi connectivity index (χ4v) is 5.87. The summed E-state index contributed by atoms with van der Waals surface area (Å²) in [6.45, 7) is -0.792. The molecule has 42 heavy (non-hydrogen) atoms. The molecule has 0 aliphatic carbocycles. The SMILES string of the molecule is COc1ccc2c(c1OC)OC1c3c(cc(OC4(CO)OC(C(=O)O)C(O)C(O)C4O)cc3-c3ccccc3)OCC21. The Morgan fingerprint density at radius 1 is 1.02 bits per heavy atom. The van der Waals surface area contributed by atoms with Crippen LogP contribution in [0.2, 0.25) is 0 Å². The number of rotatable bonds is 7. The van der Waals surface area contributed by atoms with Gasteiger partial charge in [-0.1, -0.05) is 36.4 Å². The fourth-order valence-electron chi connectivity index (χ4n) is 5.87. The van der Waals surface area contributed by atoms with Crippen LogP contribution in [-0.4, -0.2) is 89.1 Å². The van der Waals surface area contributed by atoms with Gasteiger partial charge in [0.05, 0.1) is 26.7 Å². The molecule has 12 heteroatoms. The van der Waals surface area contributed by atoms with E-state index in [-0.39, 0.29) is 18.3 Å². The van der Waals surface area contributed by atoms with E-state index in [0.29, 0.717) is 34.1 Å². The summed E-state index contributed by atoms with van der Waals surface area (Å²) in [5.41, 5.74) is 3.02. The van der Waals surface area contributed by atoms with Gasteiger partial charge in [0, 0.05) is 17.2 Å². The van der Waals surface area contributed by atoms with Crippen molar-refractivity contribution in [1.82, 2.24) is 0 Å². The molecule has 6 rings (SSSR count). The van der Waals surface area contributed by atoms with Gasteiger partial charge in [0.15, 0.2) is 23.7 Å². The first kappa shape index (κ1) is 28.1. The maximum absolute atomic E-state index is 11.7. The Hall–Kier alpha value is -4.07. The highest BCUT2D eigenvalue weighted by atomic mass is 16.7. The molecule has 0 bridgehead atoms. The number of aliphatic hydroxyl groups excluding tert-OH is 4. The van der Waals surface area contributed by atoms with Crippen molar-refractivity contribution in [2.45, 2.75) is 42.2 Å². The lowest BCUT2D eigenvalue weighted by atomic mass is 9.85. The van der Waals surface area contributed by atoms with Gasteiger partial charge in [-0.15, -0.1) is 0 Å². The number of fused-ring (bicyclic) bond motifs is 5. The Labute approximate surface area is 240 Å². The van der Waals surface area contributed by atoms with Gasteiger partial charge >= 0.3 is 5.97 Å². The van der Waals surface area contributed by atoms with E-state index in [1.54, 1.807) is 13.2 Å². The number of hydrogen-bond acceptors (Lipinski definition) is 11. The van der Waals surface area contributed by atoms with E-state index < -0.39 is 48.9 Å².